The molecule has 0 bridgehead atoms. The number of rotatable bonds is 8. The van der Waals surface area contributed by atoms with Gasteiger partial charge in [-0.3, -0.25) is 9.59 Å². The van der Waals surface area contributed by atoms with E-state index in [4.69, 9.17) is 9.47 Å². The SMILES string of the molecule is CCOC(=O)c1c(C)c(C(=O)CN(CC2CCCO2)C(=O)C2CCCC2)c(C)n1C. The molecule has 1 atom stereocenters. The zero-order valence-corrected chi connectivity index (χ0v) is 18.7. The molecule has 1 aliphatic heterocycles. The Balaban J connectivity index is 1.83. The Bertz CT molecular complexity index is 801. The molecule has 3 rings (SSSR count). The molecular formula is C23H34N2O5. The quantitative estimate of drug-likeness (QED) is 0.479. The number of amides is 1. The normalized spacial score (nSPS) is 19.3. The van der Waals surface area contributed by atoms with Crippen LogP contribution in [0.5, 0.6) is 0 Å². The van der Waals surface area contributed by atoms with E-state index in [2.05, 4.69) is 0 Å². The van der Waals surface area contributed by atoms with Gasteiger partial charge in [-0.1, -0.05) is 12.8 Å². The zero-order valence-electron chi connectivity index (χ0n) is 18.7. The fourth-order valence-electron chi connectivity index (χ4n) is 4.83. The van der Waals surface area contributed by atoms with Gasteiger partial charge < -0.3 is 18.9 Å². The first kappa shape index (κ1) is 22.5. The molecule has 7 heteroatoms. The second kappa shape index (κ2) is 9.77. The van der Waals surface area contributed by atoms with Crippen molar-refractivity contribution in [2.75, 3.05) is 26.3 Å². The fourth-order valence-corrected chi connectivity index (χ4v) is 4.83. The van der Waals surface area contributed by atoms with Crippen molar-refractivity contribution in [3.63, 3.8) is 0 Å². The summed E-state index contributed by atoms with van der Waals surface area (Å²) in [6.45, 7) is 6.81. The average molecular weight is 419 g/mol. The van der Waals surface area contributed by atoms with Crippen molar-refractivity contribution in [2.24, 2.45) is 13.0 Å². The van der Waals surface area contributed by atoms with Crippen LogP contribution in [-0.2, 0) is 21.3 Å². The number of hydrogen-bond acceptors (Lipinski definition) is 5. The lowest BCUT2D eigenvalue weighted by molar-refractivity contribution is -0.136. The molecule has 2 fully saturated rings. The van der Waals surface area contributed by atoms with Crippen molar-refractivity contribution in [2.45, 2.75) is 65.4 Å². The van der Waals surface area contributed by atoms with E-state index in [9.17, 15) is 14.4 Å². The van der Waals surface area contributed by atoms with Gasteiger partial charge in [-0.15, -0.1) is 0 Å². The molecule has 1 amide bonds. The number of carbonyl (C=O) groups is 3. The van der Waals surface area contributed by atoms with Gasteiger partial charge in [0, 0.05) is 37.4 Å². The van der Waals surface area contributed by atoms with E-state index in [1.807, 2.05) is 6.92 Å². The van der Waals surface area contributed by atoms with Gasteiger partial charge in [0.1, 0.15) is 5.69 Å². The van der Waals surface area contributed by atoms with E-state index in [1.165, 1.54) is 0 Å². The summed E-state index contributed by atoms with van der Waals surface area (Å²) in [6.07, 6.45) is 5.83. The molecule has 1 saturated heterocycles. The van der Waals surface area contributed by atoms with Gasteiger partial charge in [-0.05, 0) is 52.0 Å². The molecular weight excluding hydrogens is 384 g/mol. The molecule has 1 unspecified atom stereocenters. The number of ether oxygens (including phenoxy) is 2. The first-order valence-electron chi connectivity index (χ1n) is 11.1. The summed E-state index contributed by atoms with van der Waals surface area (Å²) < 4.78 is 12.6. The van der Waals surface area contributed by atoms with Gasteiger partial charge in [0.2, 0.25) is 5.91 Å². The van der Waals surface area contributed by atoms with Gasteiger partial charge >= 0.3 is 5.97 Å². The summed E-state index contributed by atoms with van der Waals surface area (Å²) in [7, 11) is 1.76. The lowest BCUT2D eigenvalue weighted by atomic mass is 10.0. The van der Waals surface area contributed by atoms with Crippen LogP contribution in [0.4, 0.5) is 0 Å². The van der Waals surface area contributed by atoms with Crippen molar-refractivity contribution in [3.05, 3.63) is 22.5 Å². The third-order valence-electron chi connectivity index (χ3n) is 6.48. The molecule has 2 aliphatic rings. The minimum atomic E-state index is -0.433. The summed E-state index contributed by atoms with van der Waals surface area (Å²) >= 11 is 0. The van der Waals surface area contributed by atoms with Crippen LogP contribution in [0, 0.1) is 19.8 Å². The highest BCUT2D eigenvalue weighted by molar-refractivity contribution is 6.04. The van der Waals surface area contributed by atoms with Crippen LogP contribution < -0.4 is 0 Å². The summed E-state index contributed by atoms with van der Waals surface area (Å²) in [5.74, 6) is -0.501. The lowest BCUT2D eigenvalue weighted by Gasteiger charge is -2.27. The Morgan fingerprint density at radius 1 is 1.13 bits per heavy atom. The number of hydrogen-bond donors (Lipinski definition) is 0. The monoisotopic (exact) mass is 418 g/mol. The summed E-state index contributed by atoms with van der Waals surface area (Å²) in [6, 6.07) is 0. The molecule has 166 valence electrons. The van der Waals surface area contributed by atoms with E-state index in [0.29, 0.717) is 35.7 Å². The summed E-state index contributed by atoms with van der Waals surface area (Å²) in [4.78, 5) is 40.6. The molecule has 7 nitrogen and oxygen atoms in total. The van der Waals surface area contributed by atoms with Gasteiger partial charge in [0.25, 0.3) is 0 Å². The Morgan fingerprint density at radius 2 is 1.83 bits per heavy atom. The Morgan fingerprint density at radius 3 is 2.43 bits per heavy atom. The van der Waals surface area contributed by atoms with Gasteiger partial charge in [0.15, 0.2) is 5.78 Å². The molecule has 1 saturated carbocycles. The van der Waals surface area contributed by atoms with E-state index in [-0.39, 0.29) is 36.9 Å². The van der Waals surface area contributed by atoms with E-state index >= 15 is 0 Å². The molecule has 1 aromatic rings. The van der Waals surface area contributed by atoms with Crippen molar-refractivity contribution >= 4 is 17.7 Å². The average Bonchev–Trinajstić information content (AvgIpc) is 3.44. The number of nitrogens with zero attached hydrogens (tertiary/aromatic N) is 2. The molecule has 30 heavy (non-hydrogen) atoms. The van der Waals surface area contributed by atoms with Gasteiger partial charge in [-0.2, -0.15) is 0 Å². The van der Waals surface area contributed by atoms with Crippen LogP contribution in [0.15, 0.2) is 0 Å². The van der Waals surface area contributed by atoms with Crippen LogP contribution in [0.2, 0.25) is 0 Å². The van der Waals surface area contributed by atoms with Crippen LogP contribution in [-0.4, -0.2) is 59.5 Å². The van der Waals surface area contributed by atoms with Gasteiger partial charge in [0.05, 0.1) is 19.3 Å². The first-order chi connectivity index (χ1) is 14.3. The number of ketones is 1. The van der Waals surface area contributed by atoms with E-state index in [0.717, 1.165) is 38.5 Å². The van der Waals surface area contributed by atoms with Crippen LogP contribution >= 0.6 is 0 Å². The second-order valence-corrected chi connectivity index (χ2v) is 8.47. The maximum absolute atomic E-state index is 13.3. The highest BCUT2D eigenvalue weighted by Gasteiger charge is 2.33. The van der Waals surface area contributed by atoms with Gasteiger partial charge in [-0.25, -0.2) is 4.79 Å². The highest BCUT2D eigenvalue weighted by Crippen LogP contribution is 2.28. The van der Waals surface area contributed by atoms with Crippen molar-refractivity contribution in [3.8, 4) is 0 Å². The molecule has 2 heterocycles. The smallest absolute Gasteiger partial charge is 0.355 e. The highest BCUT2D eigenvalue weighted by atomic mass is 16.5. The predicted molar refractivity (Wildman–Crippen MR) is 113 cm³/mol. The number of carbonyl (C=O) groups excluding carboxylic acids is 3. The van der Waals surface area contributed by atoms with E-state index in [1.54, 1.807) is 30.4 Å². The predicted octanol–water partition coefficient (Wildman–Crippen LogP) is 3.20. The standard InChI is InChI=1S/C23H34N2O5/c1-5-29-23(28)21-15(2)20(16(3)24(21)4)19(26)14-25(13-18-11-8-12-30-18)22(27)17-9-6-7-10-17/h17-18H,5-14H2,1-4H3. The molecule has 0 spiro atoms. The minimum Gasteiger partial charge on any atom is -0.461 e. The fraction of sp³-hybridized carbons (Fsp3) is 0.696. The number of aromatic nitrogens is 1. The molecule has 0 N–H and O–H groups in total. The van der Waals surface area contributed by atoms with Crippen molar-refractivity contribution in [1.29, 1.82) is 0 Å². The third-order valence-corrected chi connectivity index (χ3v) is 6.48. The number of esters is 1. The molecule has 1 aromatic heterocycles. The maximum Gasteiger partial charge on any atom is 0.355 e. The Hall–Kier alpha value is -2.15. The summed E-state index contributed by atoms with van der Waals surface area (Å²) in [5, 5.41) is 0. The third kappa shape index (κ3) is 4.61. The second-order valence-electron chi connectivity index (χ2n) is 8.47. The first-order valence-corrected chi connectivity index (χ1v) is 11.1. The van der Waals surface area contributed by atoms with Crippen molar-refractivity contribution in [1.82, 2.24) is 9.47 Å². The molecule has 1 aliphatic carbocycles. The Kier molecular flexibility index (Phi) is 7.34. The lowest BCUT2D eigenvalue weighted by Crippen LogP contribution is -2.43. The maximum atomic E-state index is 13.3. The topological polar surface area (TPSA) is 77.8 Å². The minimum absolute atomic E-state index is 0.00351. The molecule has 0 radical (unpaired) electrons. The van der Waals surface area contributed by atoms with Crippen LogP contribution in [0.1, 0.15) is 77.6 Å². The molecule has 0 aromatic carbocycles. The largest absolute Gasteiger partial charge is 0.461 e. The van der Waals surface area contributed by atoms with Crippen LogP contribution in [0.25, 0.3) is 0 Å². The Labute approximate surface area is 178 Å². The van der Waals surface area contributed by atoms with Crippen LogP contribution in [0.3, 0.4) is 0 Å². The van der Waals surface area contributed by atoms with Crippen molar-refractivity contribution < 1.29 is 23.9 Å². The van der Waals surface area contributed by atoms with E-state index < -0.39 is 5.97 Å². The zero-order chi connectivity index (χ0) is 21.8. The summed E-state index contributed by atoms with van der Waals surface area (Å²) in [5.41, 5.74) is 2.23. The number of Topliss-reactive ketones (excluding diaryl/α,β-unsaturated/α-hetero) is 1.